The lowest BCUT2D eigenvalue weighted by molar-refractivity contribution is 0.354. The van der Waals surface area contributed by atoms with Gasteiger partial charge in [0, 0.05) is 63.9 Å². The monoisotopic (exact) mass is 369 g/mol. The third kappa shape index (κ3) is 3.71. The number of imidazole rings is 1. The lowest BCUT2D eigenvalue weighted by Crippen LogP contribution is -2.38. The van der Waals surface area contributed by atoms with Crippen LogP contribution in [0, 0.1) is 0 Å². The first-order valence-electron chi connectivity index (χ1n) is 9.14. The number of halogens is 1. The van der Waals surface area contributed by atoms with Gasteiger partial charge in [0.05, 0.1) is 6.54 Å². The number of pyridine rings is 1. The second kappa shape index (κ2) is 7.48. The maximum atomic E-state index is 14.1. The lowest BCUT2D eigenvalue weighted by Gasteiger charge is -2.26. The fraction of sp³-hybridized carbons (Fsp3) is 0.421. The highest BCUT2D eigenvalue weighted by molar-refractivity contribution is 5.45. The van der Waals surface area contributed by atoms with Crippen LogP contribution in [0.5, 0.6) is 0 Å². The Morgan fingerprint density at radius 3 is 2.96 bits per heavy atom. The topological polar surface area (TPSA) is 61.6 Å². The van der Waals surface area contributed by atoms with E-state index in [4.69, 9.17) is 0 Å². The van der Waals surface area contributed by atoms with E-state index in [1.54, 1.807) is 12.4 Å². The van der Waals surface area contributed by atoms with Gasteiger partial charge in [0.1, 0.15) is 17.6 Å². The Kier molecular flexibility index (Phi) is 4.89. The quantitative estimate of drug-likeness (QED) is 0.716. The van der Waals surface area contributed by atoms with Crippen LogP contribution < -0.4 is 15.1 Å². The summed E-state index contributed by atoms with van der Waals surface area (Å²) in [6, 6.07) is 7.96. The van der Waals surface area contributed by atoms with E-state index in [-0.39, 0.29) is 6.04 Å². The van der Waals surface area contributed by atoms with Gasteiger partial charge in [-0.2, -0.15) is 4.98 Å². The van der Waals surface area contributed by atoms with Crippen LogP contribution in [-0.2, 0) is 6.54 Å². The second-order valence-electron chi connectivity index (χ2n) is 7.05. The minimum atomic E-state index is -0.841. The summed E-state index contributed by atoms with van der Waals surface area (Å²) in [7, 11) is 3.80. The summed E-state index contributed by atoms with van der Waals surface area (Å²) >= 11 is 0. The zero-order chi connectivity index (χ0) is 18.8. The van der Waals surface area contributed by atoms with Crippen LogP contribution in [-0.4, -0.2) is 58.8 Å². The van der Waals surface area contributed by atoms with Gasteiger partial charge in [-0.25, -0.2) is 14.4 Å². The van der Waals surface area contributed by atoms with Crippen molar-refractivity contribution in [2.24, 2.45) is 0 Å². The Balaban J connectivity index is 1.44. The van der Waals surface area contributed by atoms with Crippen molar-refractivity contribution in [3.63, 3.8) is 0 Å². The fourth-order valence-electron chi connectivity index (χ4n) is 3.57. The Hall–Kier alpha value is -2.74. The van der Waals surface area contributed by atoms with E-state index in [1.807, 2.05) is 48.3 Å². The largest absolute Gasteiger partial charge is 0.349 e. The smallest absolute Gasteiger partial charge is 0.226 e. The molecule has 0 radical (unpaired) electrons. The van der Waals surface area contributed by atoms with Crippen molar-refractivity contribution in [1.82, 2.24) is 24.7 Å². The molecule has 3 aromatic rings. The molecule has 0 unspecified atom stereocenters. The number of nitrogens with one attached hydrogen (secondary N) is 1. The zero-order valence-corrected chi connectivity index (χ0v) is 15.6. The molecule has 1 aliphatic rings. The molecule has 0 amide bonds. The summed E-state index contributed by atoms with van der Waals surface area (Å²) in [6.07, 6.45) is 5.14. The van der Waals surface area contributed by atoms with Gasteiger partial charge in [0.25, 0.3) is 0 Å². The van der Waals surface area contributed by atoms with Crippen molar-refractivity contribution in [1.29, 1.82) is 0 Å². The summed E-state index contributed by atoms with van der Waals surface area (Å²) in [4.78, 5) is 17.0. The van der Waals surface area contributed by atoms with Crippen LogP contribution >= 0.6 is 0 Å². The van der Waals surface area contributed by atoms with Crippen molar-refractivity contribution in [3.05, 3.63) is 48.5 Å². The molecule has 2 atom stereocenters. The summed E-state index contributed by atoms with van der Waals surface area (Å²) < 4.78 is 16.2. The fourth-order valence-corrected chi connectivity index (χ4v) is 3.57. The number of nitrogens with zero attached hydrogens (tertiary/aromatic N) is 6. The number of alkyl halides is 1. The number of hydrogen-bond acceptors (Lipinski definition) is 6. The molecule has 0 bridgehead atoms. The van der Waals surface area contributed by atoms with Crippen molar-refractivity contribution < 1.29 is 4.39 Å². The molecule has 0 spiro atoms. The molecule has 7 nitrogen and oxygen atoms in total. The van der Waals surface area contributed by atoms with Crippen molar-refractivity contribution >= 4 is 17.4 Å². The van der Waals surface area contributed by atoms with Crippen LogP contribution in [0.2, 0.25) is 0 Å². The third-order valence-electron chi connectivity index (χ3n) is 4.88. The molecule has 4 heterocycles. The molecule has 27 heavy (non-hydrogen) atoms. The average Bonchev–Trinajstić information content (AvgIpc) is 3.29. The highest BCUT2D eigenvalue weighted by Gasteiger charge is 2.33. The summed E-state index contributed by atoms with van der Waals surface area (Å²) in [6.45, 7) is 1.75. The Bertz CT molecular complexity index is 910. The molecule has 8 heteroatoms. The molecule has 0 aliphatic carbocycles. The van der Waals surface area contributed by atoms with E-state index in [0.717, 1.165) is 17.2 Å². The van der Waals surface area contributed by atoms with E-state index in [2.05, 4.69) is 30.7 Å². The maximum absolute atomic E-state index is 14.1. The number of fused-ring (bicyclic) bond motifs is 1. The summed E-state index contributed by atoms with van der Waals surface area (Å²) in [5.41, 5.74) is 2.06. The Morgan fingerprint density at radius 1 is 1.22 bits per heavy atom. The first-order valence-corrected chi connectivity index (χ1v) is 9.14. The van der Waals surface area contributed by atoms with Gasteiger partial charge in [0.15, 0.2) is 0 Å². The lowest BCUT2D eigenvalue weighted by atomic mass is 10.2. The predicted octanol–water partition coefficient (Wildman–Crippen LogP) is 1.90. The van der Waals surface area contributed by atoms with E-state index in [9.17, 15) is 4.39 Å². The molecule has 3 aromatic heterocycles. The number of anilines is 2. The van der Waals surface area contributed by atoms with Gasteiger partial charge < -0.3 is 19.5 Å². The van der Waals surface area contributed by atoms with E-state index >= 15 is 0 Å². The maximum Gasteiger partial charge on any atom is 0.226 e. The highest BCUT2D eigenvalue weighted by atomic mass is 19.1. The molecule has 1 fully saturated rings. The minimum absolute atomic E-state index is 0.0619. The number of rotatable bonds is 6. The number of aromatic nitrogens is 4. The minimum Gasteiger partial charge on any atom is -0.349 e. The summed E-state index contributed by atoms with van der Waals surface area (Å²) in [5.74, 6) is 1.41. The van der Waals surface area contributed by atoms with Gasteiger partial charge in [-0.1, -0.05) is 6.07 Å². The Morgan fingerprint density at radius 2 is 2.11 bits per heavy atom. The van der Waals surface area contributed by atoms with E-state index < -0.39 is 6.17 Å². The zero-order valence-electron chi connectivity index (χ0n) is 15.6. The van der Waals surface area contributed by atoms with E-state index in [1.165, 1.54) is 0 Å². The molecular weight excluding hydrogens is 345 g/mol. The molecule has 1 aliphatic heterocycles. The average molecular weight is 369 g/mol. The Labute approximate surface area is 157 Å². The van der Waals surface area contributed by atoms with Crippen LogP contribution in [0.3, 0.4) is 0 Å². The van der Waals surface area contributed by atoms with Gasteiger partial charge in [-0.3, -0.25) is 0 Å². The van der Waals surface area contributed by atoms with Gasteiger partial charge in [0.2, 0.25) is 5.95 Å². The van der Waals surface area contributed by atoms with Crippen LogP contribution in [0.25, 0.3) is 5.65 Å². The summed E-state index contributed by atoms with van der Waals surface area (Å²) in [5, 5.41) is 3.47. The van der Waals surface area contributed by atoms with Crippen molar-refractivity contribution in [3.8, 4) is 0 Å². The molecule has 0 saturated carbocycles. The highest BCUT2D eigenvalue weighted by Crippen LogP contribution is 2.26. The van der Waals surface area contributed by atoms with Gasteiger partial charge in [-0.05, 0) is 18.2 Å². The first-order chi connectivity index (χ1) is 13.1. The molecule has 0 aromatic carbocycles. The predicted molar refractivity (Wildman–Crippen MR) is 104 cm³/mol. The molecule has 4 rings (SSSR count). The molecule has 1 N–H and O–H groups in total. The second-order valence-corrected chi connectivity index (χ2v) is 7.05. The van der Waals surface area contributed by atoms with E-state index in [0.29, 0.717) is 32.0 Å². The standard InChI is InChI=1S/C19H24FN7/c1-25(2)19-23-7-6-18(24-19)27-13-14(20)10-16(27)12-21-11-15-4-3-5-17-22-8-9-26(15)17/h3-9,14,16,21H,10-13H2,1-2H3/t14-,16-/m0/s1. The normalized spacial score (nSPS) is 19.7. The third-order valence-corrected chi connectivity index (χ3v) is 4.88. The first kappa shape index (κ1) is 17.7. The number of hydrogen-bond donors (Lipinski definition) is 1. The van der Waals surface area contributed by atoms with Gasteiger partial charge in [-0.15, -0.1) is 0 Å². The van der Waals surface area contributed by atoms with Crippen LogP contribution in [0.15, 0.2) is 42.9 Å². The van der Waals surface area contributed by atoms with Crippen molar-refractivity contribution in [2.45, 2.75) is 25.2 Å². The molecular formula is C19H24FN7. The van der Waals surface area contributed by atoms with Crippen LogP contribution in [0.4, 0.5) is 16.2 Å². The molecule has 142 valence electrons. The van der Waals surface area contributed by atoms with Crippen LogP contribution in [0.1, 0.15) is 12.1 Å². The SMILES string of the molecule is CN(C)c1nccc(N2C[C@@H](F)C[C@H]2CNCc2cccc3nccn23)n1. The van der Waals surface area contributed by atoms with Gasteiger partial charge >= 0.3 is 0 Å². The van der Waals surface area contributed by atoms with Crippen molar-refractivity contribution in [2.75, 3.05) is 37.0 Å². The molecule has 1 saturated heterocycles.